The van der Waals surface area contributed by atoms with Gasteiger partial charge < -0.3 is 15.4 Å². The first-order valence-electron chi connectivity index (χ1n) is 9.74. The number of hydrogen-bond donors (Lipinski definition) is 2. The van der Waals surface area contributed by atoms with Gasteiger partial charge in [-0.3, -0.25) is 4.79 Å². The summed E-state index contributed by atoms with van der Waals surface area (Å²) in [6.07, 6.45) is 0.995. The number of hydrogen-bond acceptors (Lipinski definition) is 4. The lowest BCUT2D eigenvalue weighted by molar-refractivity contribution is 0.0944. The van der Waals surface area contributed by atoms with Gasteiger partial charge in [-0.15, -0.1) is 0 Å². The summed E-state index contributed by atoms with van der Waals surface area (Å²) in [5, 5.41) is 6.86. The first kappa shape index (κ1) is 24.4. The molecule has 0 aliphatic rings. The van der Waals surface area contributed by atoms with Crippen molar-refractivity contribution < 1.29 is 9.53 Å². The fourth-order valence-electron chi connectivity index (χ4n) is 2.63. The van der Waals surface area contributed by atoms with Gasteiger partial charge >= 0.3 is 0 Å². The molecule has 1 atom stereocenters. The Balaban J connectivity index is 0.00000166. The zero-order chi connectivity index (χ0) is 22.8. The number of halogens is 2. The van der Waals surface area contributed by atoms with Crippen LogP contribution in [0.2, 0.25) is 5.02 Å². The number of benzene rings is 2. The molecule has 1 aromatic heterocycles. The monoisotopic (exact) mass is 501 g/mol. The summed E-state index contributed by atoms with van der Waals surface area (Å²) in [7, 11) is 1.60. The van der Waals surface area contributed by atoms with E-state index in [-0.39, 0.29) is 5.91 Å². The van der Waals surface area contributed by atoms with Crippen LogP contribution in [0.4, 0.5) is 5.69 Å². The Morgan fingerprint density at radius 1 is 1.13 bits per heavy atom. The van der Waals surface area contributed by atoms with Crippen LogP contribution in [-0.2, 0) is 0 Å². The van der Waals surface area contributed by atoms with E-state index in [1.807, 2.05) is 50.2 Å². The van der Waals surface area contributed by atoms with Gasteiger partial charge in [0.15, 0.2) is 0 Å². The molecule has 0 saturated heterocycles. The highest BCUT2D eigenvalue weighted by Gasteiger charge is 2.19. The average molecular weight is 503 g/mol. The number of ether oxygens (including phenoxy) is 1. The van der Waals surface area contributed by atoms with Crippen LogP contribution in [-0.4, -0.2) is 24.2 Å². The van der Waals surface area contributed by atoms with Crippen molar-refractivity contribution >= 4 is 44.7 Å². The van der Waals surface area contributed by atoms with Gasteiger partial charge in [0.25, 0.3) is 5.91 Å². The van der Waals surface area contributed by atoms with Gasteiger partial charge in [0.05, 0.1) is 7.11 Å². The molecule has 0 spiro atoms. The van der Waals surface area contributed by atoms with Crippen LogP contribution >= 0.6 is 27.5 Å². The van der Waals surface area contributed by atoms with Crippen molar-refractivity contribution in [3.05, 3.63) is 94.2 Å². The highest BCUT2D eigenvalue weighted by Crippen LogP contribution is 2.24. The molecule has 2 N–H and O–H groups in total. The molecule has 0 saturated carbocycles. The van der Waals surface area contributed by atoms with Gasteiger partial charge in [-0.05, 0) is 75.6 Å². The average Bonchev–Trinajstić information content (AvgIpc) is 2.81. The number of aromatic nitrogens is 1. The van der Waals surface area contributed by atoms with Crippen LogP contribution in [0.3, 0.4) is 0 Å². The predicted octanol–water partition coefficient (Wildman–Crippen LogP) is 6.41. The minimum atomic E-state index is -0.582. The van der Waals surface area contributed by atoms with E-state index in [0.717, 1.165) is 15.7 Å². The Bertz CT molecular complexity index is 1010. The van der Waals surface area contributed by atoms with Crippen molar-refractivity contribution in [1.29, 1.82) is 0 Å². The van der Waals surface area contributed by atoms with Crippen molar-refractivity contribution in [2.45, 2.75) is 20.0 Å². The first-order valence-corrected chi connectivity index (χ1v) is 10.9. The number of methoxy groups -OCH3 is 1. The number of rotatable bonds is 7. The van der Waals surface area contributed by atoms with Crippen LogP contribution in [0.1, 0.15) is 29.9 Å². The summed E-state index contributed by atoms with van der Waals surface area (Å²) < 4.78 is 6.10. The van der Waals surface area contributed by atoms with E-state index in [9.17, 15) is 4.79 Å². The highest BCUT2D eigenvalue weighted by atomic mass is 79.9. The number of anilines is 1. The standard InChI is InChI=1S/C22H19BrClN3O2.C2H6/c1-14(15-4-3-5-19(12-15)29-2)21(26-18-9-7-17(24)8-10-18)27-22(28)20-11-6-16(23)13-25-20;1-2/h3-13,21,26H,1H2,2H3,(H,27,28);1-2H3. The smallest absolute Gasteiger partial charge is 0.271 e. The Morgan fingerprint density at radius 3 is 2.45 bits per heavy atom. The van der Waals surface area contributed by atoms with E-state index in [1.54, 1.807) is 37.6 Å². The van der Waals surface area contributed by atoms with Crippen molar-refractivity contribution in [2.75, 3.05) is 12.4 Å². The molecule has 0 radical (unpaired) electrons. The van der Waals surface area contributed by atoms with Crippen LogP contribution < -0.4 is 15.4 Å². The number of pyridine rings is 1. The fraction of sp³-hybridized carbons (Fsp3) is 0.167. The summed E-state index contributed by atoms with van der Waals surface area (Å²) in [6.45, 7) is 8.19. The molecule has 3 aromatic rings. The Morgan fingerprint density at radius 2 is 1.84 bits per heavy atom. The first-order chi connectivity index (χ1) is 15.0. The molecule has 0 aliphatic carbocycles. The van der Waals surface area contributed by atoms with Gasteiger partial charge in [-0.2, -0.15) is 0 Å². The van der Waals surface area contributed by atoms with E-state index in [4.69, 9.17) is 16.3 Å². The molecule has 5 nitrogen and oxygen atoms in total. The maximum absolute atomic E-state index is 12.8. The number of amides is 1. The highest BCUT2D eigenvalue weighted by molar-refractivity contribution is 9.10. The molecule has 162 valence electrons. The van der Waals surface area contributed by atoms with Crippen molar-refractivity contribution in [1.82, 2.24) is 10.3 Å². The maximum Gasteiger partial charge on any atom is 0.271 e. The lowest BCUT2D eigenvalue weighted by atomic mass is 10.0. The molecule has 1 unspecified atom stereocenters. The van der Waals surface area contributed by atoms with E-state index >= 15 is 0 Å². The molecular formula is C24H25BrClN3O2. The summed E-state index contributed by atoms with van der Waals surface area (Å²) in [4.78, 5) is 16.9. The van der Waals surface area contributed by atoms with Crippen molar-refractivity contribution in [2.24, 2.45) is 0 Å². The Kier molecular flexibility index (Phi) is 9.56. The second kappa shape index (κ2) is 12.1. The maximum atomic E-state index is 12.8. The van der Waals surface area contributed by atoms with Gasteiger partial charge in [-0.1, -0.05) is 44.2 Å². The lowest BCUT2D eigenvalue weighted by Crippen LogP contribution is -2.41. The Hall–Kier alpha value is -2.83. The summed E-state index contributed by atoms with van der Waals surface area (Å²) in [5.41, 5.74) is 2.59. The number of nitrogens with one attached hydrogen (secondary N) is 2. The van der Waals surface area contributed by atoms with E-state index < -0.39 is 6.17 Å². The number of nitrogens with zero attached hydrogens (tertiary/aromatic N) is 1. The molecule has 1 heterocycles. The molecule has 0 bridgehead atoms. The molecular weight excluding hydrogens is 478 g/mol. The van der Waals surface area contributed by atoms with Crippen LogP contribution in [0.25, 0.3) is 5.57 Å². The van der Waals surface area contributed by atoms with Gasteiger partial charge in [0.2, 0.25) is 0 Å². The molecule has 1 amide bonds. The topological polar surface area (TPSA) is 63.2 Å². The normalized spacial score (nSPS) is 10.9. The molecule has 31 heavy (non-hydrogen) atoms. The van der Waals surface area contributed by atoms with Crippen molar-refractivity contribution in [3.8, 4) is 5.75 Å². The summed E-state index contributed by atoms with van der Waals surface area (Å²) in [5.74, 6) is 0.378. The molecule has 0 fully saturated rings. The Labute approximate surface area is 196 Å². The van der Waals surface area contributed by atoms with E-state index in [0.29, 0.717) is 22.0 Å². The second-order valence-corrected chi connectivity index (χ2v) is 7.53. The molecule has 7 heteroatoms. The molecule has 0 aliphatic heterocycles. The zero-order valence-corrected chi connectivity index (χ0v) is 20.0. The number of carbonyl (C=O) groups excluding carboxylic acids is 1. The minimum Gasteiger partial charge on any atom is -0.497 e. The molecule has 3 rings (SSSR count). The quantitative estimate of drug-likeness (QED) is 0.366. The SMILES string of the molecule is C=C(c1cccc(OC)c1)C(NC(=O)c1ccc(Br)cn1)Nc1ccc(Cl)cc1.CC. The number of carbonyl (C=O) groups is 1. The fourth-order valence-corrected chi connectivity index (χ4v) is 2.99. The largest absolute Gasteiger partial charge is 0.497 e. The lowest BCUT2D eigenvalue weighted by Gasteiger charge is -2.24. The van der Waals surface area contributed by atoms with E-state index in [1.165, 1.54) is 0 Å². The van der Waals surface area contributed by atoms with Crippen molar-refractivity contribution in [3.63, 3.8) is 0 Å². The second-order valence-electron chi connectivity index (χ2n) is 6.18. The summed E-state index contributed by atoms with van der Waals surface area (Å²) in [6, 6.07) is 18.1. The van der Waals surface area contributed by atoms with Crippen LogP contribution in [0, 0.1) is 0 Å². The van der Waals surface area contributed by atoms with Crippen LogP contribution in [0.15, 0.2) is 77.9 Å². The van der Waals surface area contributed by atoms with E-state index in [2.05, 4.69) is 38.1 Å². The van der Waals surface area contributed by atoms with Gasteiger partial charge in [0, 0.05) is 21.4 Å². The zero-order valence-electron chi connectivity index (χ0n) is 17.7. The van der Waals surface area contributed by atoms with Gasteiger partial charge in [-0.25, -0.2) is 4.98 Å². The predicted molar refractivity (Wildman–Crippen MR) is 132 cm³/mol. The third-order valence-corrected chi connectivity index (χ3v) is 4.90. The minimum absolute atomic E-state index is 0.301. The molecule has 2 aromatic carbocycles. The van der Waals surface area contributed by atoms with Crippen LogP contribution in [0.5, 0.6) is 5.75 Å². The third-order valence-electron chi connectivity index (χ3n) is 4.18. The summed E-state index contributed by atoms with van der Waals surface area (Å²) >= 11 is 9.30. The van der Waals surface area contributed by atoms with Gasteiger partial charge in [0.1, 0.15) is 17.6 Å². The third kappa shape index (κ3) is 7.12.